The van der Waals surface area contributed by atoms with Crippen LogP contribution in [0.5, 0.6) is 0 Å². The Morgan fingerprint density at radius 2 is 2.36 bits per heavy atom. The second kappa shape index (κ2) is 3.21. The predicted octanol–water partition coefficient (Wildman–Crippen LogP) is 1.37. The minimum Gasteiger partial charge on any atom is -0.256 e. The molecule has 1 aromatic heterocycles. The standard InChI is InChI=1S/C6H9ClN2O2/c1-4-5(3-11-10)6(7)9(2)8-4/h10H,3H2,1-2H3. The van der Waals surface area contributed by atoms with Gasteiger partial charge < -0.3 is 0 Å². The van der Waals surface area contributed by atoms with Crippen molar-refractivity contribution in [2.45, 2.75) is 13.5 Å². The lowest BCUT2D eigenvalue weighted by Gasteiger charge is -1.94. The fourth-order valence-electron chi connectivity index (χ4n) is 0.902. The van der Waals surface area contributed by atoms with E-state index in [-0.39, 0.29) is 6.61 Å². The molecule has 0 amide bonds. The van der Waals surface area contributed by atoms with Crippen LogP contribution in [0.2, 0.25) is 5.15 Å². The summed E-state index contributed by atoms with van der Waals surface area (Å²) in [5, 5.41) is 12.7. The summed E-state index contributed by atoms with van der Waals surface area (Å²) in [6.07, 6.45) is 0. The van der Waals surface area contributed by atoms with Crippen LogP contribution in [-0.4, -0.2) is 15.0 Å². The Labute approximate surface area is 69.3 Å². The van der Waals surface area contributed by atoms with Gasteiger partial charge in [0.25, 0.3) is 0 Å². The van der Waals surface area contributed by atoms with Crippen LogP contribution >= 0.6 is 11.6 Å². The number of halogens is 1. The van der Waals surface area contributed by atoms with Gasteiger partial charge in [-0.2, -0.15) is 5.10 Å². The van der Waals surface area contributed by atoms with Gasteiger partial charge in [0.2, 0.25) is 0 Å². The molecule has 1 heterocycles. The summed E-state index contributed by atoms with van der Waals surface area (Å²) in [6.45, 7) is 1.89. The van der Waals surface area contributed by atoms with Gasteiger partial charge in [-0.1, -0.05) is 11.6 Å². The third-order valence-corrected chi connectivity index (χ3v) is 1.95. The van der Waals surface area contributed by atoms with E-state index in [2.05, 4.69) is 9.99 Å². The van der Waals surface area contributed by atoms with Crippen LogP contribution in [0.25, 0.3) is 0 Å². The average molecular weight is 177 g/mol. The van der Waals surface area contributed by atoms with Crippen molar-refractivity contribution in [1.82, 2.24) is 9.78 Å². The maximum atomic E-state index is 8.18. The molecule has 1 aromatic rings. The number of aromatic nitrogens is 2. The van der Waals surface area contributed by atoms with Crippen LogP contribution in [0.4, 0.5) is 0 Å². The first-order valence-electron chi connectivity index (χ1n) is 3.11. The second-order valence-electron chi connectivity index (χ2n) is 2.25. The highest BCUT2D eigenvalue weighted by Crippen LogP contribution is 2.18. The molecule has 5 heteroatoms. The van der Waals surface area contributed by atoms with Gasteiger partial charge in [0, 0.05) is 12.6 Å². The Morgan fingerprint density at radius 1 is 1.73 bits per heavy atom. The Bertz CT molecular complexity index is 259. The van der Waals surface area contributed by atoms with Gasteiger partial charge in [0.1, 0.15) is 11.8 Å². The number of hydrogen-bond acceptors (Lipinski definition) is 3. The van der Waals surface area contributed by atoms with Crippen molar-refractivity contribution in [3.05, 3.63) is 16.4 Å². The third-order valence-electron chi connectivity index (χ3n) is 1.48. The van der Waals surface area contributed by atoms with E-state index in [0.29, 0.717) is 5.15 Å². The Hall–Kier alpha value is -0.580. The van der Waals surface area contributed by atoms with Gasteiger partial charge >= 0.3 is 0 Å². The average Bonchev–Trinajstić information content (AvgIpc) is 2.17. The number of rotatable bonds is 2. The first kappa shape index (κ1) is 8.52. The van der Waals surface area contributed by atoms with Crippen molar-refractivity contribution in [2.24, 2.45) is 7.05 Å². The van der Waals surface area contributed by atoms with E-state index in [1.165, 1.54) is 4.68 Å². The highest BCUT2D eigenvalue weighted by molar-refractivity contribution is 6.30. The zero-order valence-electron chi connectivity index (χ0n) is 6.33. The van der Waals surface area contributed by atoms with Crippen molar-refractivity contribution in [3.8, 4) is 0 Å². The van der Waals surface area contributed by atoms with Crippen molar-refractivity contribution in [1.29, 1.82) is 0 Å². The normalized spacial score (nSPS) is 10.5. The highest BCUT2D eigenvalue weighted by atomic mass is 35.5. The minimum atomic E-state index is 0.0819. The van der Waals surface area contributed by atoms with E-state index in [1.807, 2.05) is 0 Å². The summed E-state index contributed by atoms with van der Waals surface area (Å²) in [6, 6.07) is 0. The summed E-state index contributed by atoms with van der Waals surface area (Å²) >= 11 is 5.80. The van der Waals surface area contributed by atoms with E-state index in [0.717, 1.165) is 11.3 Å². The molecule has 0 bridgehead atoms. The van der Waals surface area contributed by atoms with Crippen LogP contribution in [0.3, 0.4) is 0 Å². The smallest absolute Gasteiger partial charge is 0.132 e. The highest BCUT2D eigenvalue weighted by Gasteiger charge is 2.10. The zero-order valence-corrected chi connectivity index (χ0v) is 7.09. The SMILES string of the molecule is Cc1nn(C)c(Cl)c1COO. The molecular formula is C6H9ClN2O2. The molecule has 0 fully saturated rings. The van der Waals surface area contributed by atoms with E-state index in [4.69, 9.17) is 16.9 Å². The first-order valence-corrected chi connectivity index (χ1v) is 3.49. The Balaban J connectivity index is 3.02. The van der Waals surface area contributed by atoms with Gasteiger partial charge in [0.15, 0.2) is 0 Å². The molecule has 4 nitrogen and oxygen atoms in total. The number of hydrogen-bond donors (Lipinski definition) is 1. The number of nitrogens with zero attached hydrogens (tertiary/aromatic N) is 2. The predicted molar refractivity (Wildman–Crippen MR) is 40.4 cm³/mol. The summed E-state index contributed by atoms with van der Waals surface area (Å²) in [4.78, 5) is 3.97. The van der Waals surface area contributed by atoms with Crippen LogP contribution in [0.15, 0.2) is 0 Å². The van der Waals surface area contributed by atoms with Crippen molar-refractivity contribution < 1.29 is 10.1 Å². The Morgan fingerprint density at radius 3 is 2.73 bits per heavy atom. The second-order valence-corrected chi connectivity index (χ2v) is 2.61. The molecular weight excluding hydrogens is 168 g/mol. The lowest BCUT2D eigenvalue weighted by molar-refractivity contribution is -0.253. The molecule has 1 rings (SSSR count). The molecule has 0 atom stereocenters. The van der Waals surface area contributed by atoms with Gasteiger partial charge in [-0.15, -0.1) is 0 Å². The fraction of sp³-hybridized carbons (Fsp3) is 0.500. The molecule has 0 aliphatic rings. The maximum absolute atomic E-state index is 8.18. The zero-order chi connectivity index (χ0) is 8.43. The molecule has 0 spiro atoms. The molecule has 0 aliphatic heterocycles. The van der Waals surface area contributed by atoms with Crippen LogP contribution in [0, 0.1) is 6.92 Å². The minimum absolute atomic E-state index is 0.0819. The Kier molecular flexibility index (Phi) is 2.49. The largest absolute Gasteiger partial charge is 0.256 e. The van der Waals surface area contributed by atoms with Crippen LogP contribution in [-0.2, 0) is 18.5 Å². The monoisotopic (exact) mass is 176 g/mol. The molecule has 1 N–H and O–H groups in total. The van der Waals surface area contributed by atoms with Gasteiger partial charge in [-0.3, -0.25) is 9.94 Å². The summed E-state index contributed by atoms with van der Waals surface area (Å²) < 4.78 is 1.53. The molecule has 0 aliphatic carbocycles. The van der Waals surface area contributed by atoms with Crippen molar-refractivity contribution >= 4 is 11.6 Å². The van der Waals surface area contributed by atoms with Gasteiger partial charge in [-0.05, 0) is 6.92 Å². The van der Waals surface area contributed by atoms with Gasteiger partial charge in [0.05, 0.1) is 5.69 Å². The van der Waals surface area contributed by atoms with Crippen LogP contribution in [0.1, 0.15) is 11.3 Å². The lowest BCUT2D eigenvalue weighted by Crippen LogP contribution is -1.90. The van der Waals surface area contributed by atoms with E-state index >= 15 is 0 Å². The quantitative estimate of drug-likeness (QED) is 0.547. The molecule has 11 heavy (non-hydrogen) atoms. The van der Waals surface area contributed by atoms with E-state index in [1.54, 1.807) is 14.0 Å². The summed E-state index contributed by atoms with van der Waals surface area (Å²) in [5.41, 5.74) is 1.49. The van der Waals surface area contributed by atoms with E-state index < -0.39 is 0 Å². The topological polar surface area (TPSA) is 47.3 Å². The molecule has 0 unspecified atom stereocenters. The molecule has 0 aromatic carbocycles. The van der Waals surface area contributed by atoms with E-state index in [9.17, 15) is 0 Å². The first-order chi connectivity index (χ1) is 5.16. The number of aryl methyl sites for hydroxylation is 2. The lowest BCUT2D eigenvalue weighted by atomic mass is 10.3. The third kappa shape index (κ3) is 1.53. The van der Waals surface area contributed by atoms with Crippen LogP contribution < -0.4 is 0 Å². The van der Waals surface area contributed by atoms with Crippen molar-refractivity contribution in [3.63, 3.8) is 0 Å². The fourth-order valence-corrected chi connectivity index (χ4v) is 1.13. The molecule has 0 saturated carbocycles. The molecule has 0 radical (unpaired) electrons. The summed E-state index contributed by atoms with van der Waals surface area (Å²) in [7, 11) is 1.73. The van der Waals surface area contributed by atoms with Crippen molar-refractivity contribution in [2.75, 3.05) is 0 Å². The maximum Gasteiger partial charge on any atom is 0.132 e. The molecule has 62 valence electrons. The molecule has 0 saturated heterocycles. The summed E-state index contributed by atoms with van der Waals surface area (Å²) in [5.74, 6) is 0. The van der Waals surface area contributed by atoms with Gasteiger partial charge in [-0.25, -0.2) is 4.89 Å².